The summed E-state index contributed by atoms with van der Waals surface area (Å²) in [5.74, 6) is 1.38. The van der Waals surface area contributed by atoms with Crippen LogP contribution in [0.4, 0.5) is 11.4 Å². The predicted octanol–water partition coefficient (Wildman–Crippen LogP) is 4.02. The molecule has 4 nitrogen and oxygen atoms in total. The van der Waals surface area contributed by atoms with Crippen LogP contribution in [0.15, 0.2) is 54.7 Å². The zero-order valence-electron chi connectivity index (χ0n) is 12.9. The topological polar surface area (TPSA) is 34.6 Å². The van der Waals surface area contributed by atoms with Gasteiger partial charge >= 0.3 is 0 Å². The van der Waals surface area contributed by atoms with Gasteiger partial charge in [0, 0.05) is 30.4 Å². The van der Waals surface area contributed by atoms with Crippen LogP contribution in [0.3, 0.4) is 0 Å². The van der Waals surface area contributed by atoms with E-state index >= 15 is 0 Å². The number of hydrogen-bond donors (Lipinski definition) is 0. The molecule has 0 aliphatic carbocycles. The number of pyridine rings is 1. The Morgan fingerprint density at radius 2 is 1.59 bits per heavy atom. The van der Waals surface area contributed by atoms with Crippen molar-refractivity contribution >= 4 is 22.3 Å². The molecule has 1 heterocycles. The van der Waals surface area contributed by atoms with Crippen LogP contribution in [-0.4, -0.2) is 26.3 Å². The highest BCUT2D eigenvalue weighted by atomic mass is 16.5. The maximum absolute atomic E-state index is 5.41. The van der Waals surface area contributed by atoms with Crippen molar-refractivity contribution in [3.05, 3.63) is 54.7 Å². The Balaban J connectivity index is 2.18. The zero-order chi connectivity index (χ0) is 15.5. The van der Waals surface area contributed by atoms with E-state index in [0.717, 1.165) is 22.3 Å². The van der Waals surface area contributed by atoms with Gasteiger partial charge in [-0.3, -0.25) is 4.98 Å². The van der Waals surface area contributed by atoms with Crippen LogP contribution < -0.4 is 14.4 Å². The van der Waals surface area contributed by atoms with Gasteiger partial charge in [0.25, 0.3) is 0 Å². The summed E-state index contributed by atoms with van der Waals surface area (Å²) in [5.41, 5.74) is 3.06. The second-order valence-corrected chi connectivity index (χ2v) is 4.95. The molecule has 22 heavy (non-hydrogen) atoms. The smallest absolute Gasteiger partial charge is 0.162 e. The van der Waals surface area contributed by atoms with Gasteiger partial charge in [-0.1, -0.05) is 18.2 Å². The Labute approximate surface area is 129 Å². The first kappa shape index (κ1) is 14.2. The van der Waals surface area contributed by atoms with E-state index < -0.39 is 0 Å². The van der Waals surface area contributed by atoms with E-state index in [-0.39, 0.29) is 0 Å². The van der Waals surface area contributed by atoms with Gasteiger partial charge < -0.3 is 14.4 Å². The lowest BCUT2D eigenvalue weighted by atomic mass is 10.1. The van der Waals surface area contributed by atoms with Crippen LogP contribution in [0.2, 0.25) is 0 Å². The number of fused-ring (bicyclic) bond motifs is 1. The average Bonchev–Trinajstić information content (AvgIpc) is 2.60. The maximum Gasteiger partial charge on any atom is 0.162 e. The van der Waals surface area contributed by atoms with E-state index in [4.69, 9.17) is 9.47 Å². The molecule has 0 spiro atoms. The van der Waals surface area contributed by atoms with E-state index in [0.29, 0.717) is 11.5 Å². The second kappa shape index (κ2) is 5.93. The minimum absolute atomic E-state index is 0.682. The molecule has 112 valence electrons. The average molecular weight is 294 g/mol. The number of hydrogen-bond acceptors (Lipinski definition) is 4. The fourth-order valence-electron chi connectivity index (χ4n) is 2.54. The molecule has 0 unspecified atom stereocenters. The number of nitrogens with zero attached hydrogens (tertiary/aromatic N) is 2. The van der Waals surface area contributed by atoms with Gasteiger partial charge in [-0.05, 0) is 24.3 Å². The van der Waals surface area contributed by atoms with Crippen LogP contribution in [0.1, 0.15) is 0 Å². The molecule has 0 amide bonds. The van der Waals surface area contributed by atoms with Gasteiger partial charge in [0.05, 0.1) is 25.4 Å². The monoisotopic (exact) mass is 294 g/mol. The van der Waals surface area contributed by atoms with Crippen molar-refractivity contribution in [2.24, 2.45) is 0 Å². The van der Waals surface area contributed by atoms with Crippen molar-refractivity contribution in [3.8, 4) is 11.5 Å². The van der Waals surface area contributed by atoms with Gasteiger partial charge in [-0.2, -0.15) is 0 Å². The normalized spacial score (nSPS) is 10.5. The predicted molar refractivity (Wildman–Crippen MR) is 89.4 cm³/mol. The molecule has 0 radical (unpaired) electrons. The van der Waals surface area contributed by atoms with Crippen LogP contribution in [0.25, 0.3) is 10.9 Å². The maximum atomic E-state index is 5.41. The fourth-order valence-corrected chi connectivity index (χ4v) is 2.54. The Kier molecular flexibility index (Phi) is 3.83. The van der Waals surface area contributed by atoms with Gasteiger partial charge in [0.15, 0.2) is 11.5 Å². The third-order valence-electron chi connectivity index (χ3n) is 3.73. The number of aromatic nitrogens is 1. The summed E-state index contributed by atoms with van der Waals surface area (Å²) < 4.78 is 10.8. The lowest BCUT2D eigenvalue weighted by molar-refractivity contribution is 0.356. The first-order chi connectivity index (χ1) is 10.7. The Bertz CT molecular complexity index is 788. The number of anilines is 2. The quantitative estimate of drug-likeness (QED) is 0.728. The van der Waals surface area contributed by atoms with E-state index in [1.54, 1.807) is 14.2 Å². The van der Waals surface area contributed by atoms with Crippen molar-refractivity contribution in [2.75, 3.05) is 26.2 Å². The molecule has 0 N–H and O–H groups in total. The van der Waals surface area contributed by atoms with Crippen molar-refractivity contribution in [1.82, 2.24) is 4.98 Å². The van der Waals surface area contributed by atoms with Crippen LogP contribution in [0.5, 0.6) is 11.5 Å². The molecule has 0 bridgehead atoms. The van der Waals surface area contributed by atoms with Crippen LogP contribution in [0, 0.1) is 0 Å². The third-order valence-corrected chi connectivity index (χ3v) is 3.73. The van der Waals surface area contributed by atoms with E-state index in [2.05, 4.69) is 22.0 Å². The number of ether oxygens (including phenoxy) is 2. The molecule has 3 rings (SSSR count). The van der Waals surface area contributed by atoms with Crippen molar-refractivity contribution in [1.29, 1.82) is 0 Å². The number of methoxy groups -OCH3 is 2. The highest BCUT2D eigenvalue weighted by Gasteiger charge is 2.13. The summed E-state index contributed by atoms with van der Waals surface area (Å²) >= 11 is 0. The summed E-state index contributed by atoms with van der Waals surface area (Å²) in [6.45, 7) is 0. The summed E-state index contributed by atoms with van der Waals surface area (Å²) in [6, 6.07) is 16.1. The summed E-state index contributed by atoms with van der Waals surface area (Å²) in [5, 5.41) is 1.02. The Morgan fingerprint density at radius 1 is 0.909 bits per heavy atom. The molecule has 3 aromatic rings. The molecule has 0 atom stereocenters. The number of benzene rings is 2. The number of rotatable bonds is 4. The Morgan fingerprint density at radius 3 is 2.27 bits per heavy atom. The lowest BCUT2D eigenvalue weighted by Crippen LogP contribution is -2.10. The van der Waals surface area contributed by atoms with Gasteiger partial charge in [0.1, 0.15) is 0 Å². The largest absolute Gasteiger partial charge is 0.493 e. The molecule has 4 heteroatoms. The van der Waals surface area contributed by atoms with E-state index in [9.17, 15) is 0 Å². The fraction of sp³-hybridized carbons (Fsp3) is 0.167. The van der Waals surface area contributed by atoms with Crippen molar-refractivity contribution < 1.29 is 9.47 Å². The van der Waals surface area contributed by atoms with Gasteiger partial charge in [-0.15, -0.1) is 0 Å². The molecule has 0 saturated heterocycles. The first-order valence-corrected chi connectivity index (χ1v) is 7.04. The molecular formula is C18H18N2O2. The molecule has 0 saturated carbocycles. The molecule has 1 aromatic heterocycles. The summed E-state index contributed by atoms with van der Waals surface area (Å²) in [4.78, 5) is 6.57. The minimum atomic E-state index is 0.682. The highest BCUT2D eigenvalue weighted by molar-refractivity contribution is 5.95. The summed E-state index contributed by atoms with van der Waals surface area (Å²) in [6.07, 6.45) is 1.81. The van der Waals surface area contributed by atoms with Crippen molar-refractivity contribution in [3.63, 3.8) is 0 Å². The standard InChI is InChI=1S/C18H18N2O2/c1-20(13-7-5-4-6-8-13)16-9-10-19-15-12-18(22-3)17(21-2)11-14(15)16/h4-12H,1-3H3. The SMILES string of the molecule is COc1cc2nccc(N(C)c3ccccc3)c2cc1OC. The molecule has 0 fully saturated rings. The molecule has 0 aliphatic heterocycles. The van der Waals surface area contributed by atoms with Gasteiger partial charge in [0.2, 0.25) is 0 Å². The van der Waals surface area contributed by atoms with E-state index in [1.807, 2.05) is 49.6 Å². The van der Waals surface area contributed by atoms with E-state index in [1.165, 1.54) is 0 Å². The number of para-hydroxylation sites is 1. The third kappa shape index (κ3) is 2.44. The second-order valence-electron chi connectivity index (χ2n) is 4.95. The lowest BCUT2D eigenvalue weighted by Gasteiger charge is -2.21. The highest BCUT2D eigenvalue weighted by Crippen LogP contribution is 2.37. The molecule has 0 aliphatic rings. The van der Waals surface area contributed by atoms with Gasteiger partial charge in [-0.25, -0.2) is 0 Å². The van der Waals surface area contributed by atoms with Crippen LogP contribution in [-0.2, 0) is 0 Å². The Hall–Kier alpha value is -2.75. The molecule has 2 aromatic carbocycles. The first-order valence-electron chi connectivity index (χ1n) is 7.04. The summed E-state index contributed by atoms with van der Waals surface area (Å²) in [7, 11) is 5.31. The van der Waals surface area contributed by atoms with Crippen LogP contribution >= 0.6 is 0 Å². The van der Waals surface area contributed by atoms with Crippen molar-refractivity contribution in [2.45, 2.75) is 0 Å². The zero-order valence-corrected chi connectivity index (χ0v) is 12.9. The minimum Gasteiger partial charge on any atom is -0.493 e. The molecular weight excluding hydrogens is 276 g/mol.